The van der Waals surface area contributed by atoms with Crippen LogP contribution in [0.1, 0.15) is 1.43 Å². The van der Waals surface area contributed by atoms with E-state index in [1.807, 2.05) is 0 Å². The maximum absolute atomic E-state index is 11.3. The van der Waals surface area contributed by atoms with Gasteiger partial charge < -0.3 is 11.8 Å². The molecular weight excluding hydrogens is 347 g/mol. The summed E-state index contributed by atoms with van der Waals surface area (Å²) in [4.78, 5) is 0. The van der Waals surface area contributed by atoms with Gasteiger partial charge in [-0.3, -0.25) is 9.11 Å². The van der Waals surface area contributed by atoms with Gasteiger partial charge in [-0.2, -0.15) is 17.9 Å². The Hall–Kier alpha value is -0.933. The minimum atomic E-state index is -4.67. The van der Waals surface area contributed by atoms with E-state index in [2.05, 4.69) is 0 Å². The predicted molar refractivity (Wildman–Crippen MR) is 77.8 cm³/mol. The molecule has 2 heterocycles. The van der Waals surface area contributed by atoms with E-state index in [4.69, 9.17) is 17.5 Å². The average Bonchev–Trinajstić information content (AvgIpc) is 2.37. The Balaban J connectivity index is 0. The number of pyridine rings is 2. The predicted octanol–water partition coefficient (Wildman–Crippen LogP) is -1.78. The molecule has 0 saturated carbocycles. The van der Waals surface area contributed by atoms with Gasteiger partial charge >= 0.3 is 29.3 Å². The molecule has 22 heavy (non-hydrogen) atoms. The third kappa shape index (κ3) is 9.16. The maximum atomic E-state index is 11.3. The summed E-state index contributed by atoms with van der Waals surface area (Å²) < 4.78 is 33.1. The van der Waals surface area contributed by atoms with E-state index in [9.17, 15) is 10.4 Å². The molecule has 0 aromatic carbocycles. The summed E-state index contributed by atoms with van der Waals surface area (Å²) in [7, 11) is -2.15. The number of aromatic nitrogens is 2. The standard InChI is InChI=1S/C10H8N2O2S2.Li.H2O4S.H/c13-11-7-3-1-5-9(11)15-16-10-6-2-4-8-12(10)14;;1-5(2,3)4;/h1-8H;;(H2,1,2,3,4);/q;+1;;-1. The van der Waals surface area contributed by atoms with Crippen LogP contribution in [-0.2, 0) is 10.4 Å². The van der Waals surface area contributed by atoms with Crippen LogP contribution in [0.25, 0.3) is 0 Å². The van der Waals surface area contributed by atoms with Gasteiger partial charge in [0.15, 0.2) is 12.4 Å². The average molecular weight is 358 g/mol. The fourth-order valence-corrected chi connectivity index (χ4v) is 3.03. The van der Waals surface area contributed by atoms with Crippen LogP contribution in [0.4, 0.5) is 0 Å². The normalized spacial score (nSPS) is 10.1. The Morgan fingerprint density at radius 3 is 1.50 bits per heavy atom. The van der Waals surface area contributed by atoms with Crippen molar-refractivity contribution >= 4 is 32.0 Å². The van der Waals surface area contributed by atoms with Gasteiger partial charge in [-0.05, 0) is 12.1 Å². The number of hydrogen-bond acceptors (Lipinski definition) is 6. The molecule has 12 heteroatoms. The molecule has 2 rings (SSSR count). The first-order chi connectivity index (χ1) is 9.77. The number of rotatable bonds is 3. The van der Waals surface area contributed by atoms with E-state index in [0.29, 0.717) is 10.1 Å². The van der Waals surface area contributed by atoms with Crippen molar-refractivity contribution in [3.63, 3.8) is 0 Å². The van der Waals surface area contributed by atoms with Gasteiger partial charge in [-0.25, -0.2) is 0 Å². The molecule has 116 valence electrons. The summed E-state index contributed by atoms with van der Waals surface area (Å²) in [6.07, 6.45) is 2.86. The molecule has 0 fully saturated rings. The summed E-state index contributed by atoms with van der Waals surface area (Å²) in [6, 6.07) is 10.3. The van der Waals surface area contributed by atoms with Gasteiger partial charge in [0.05, 0.1) is 0 Å². The van der Waals surface area contributed by atoms with Crippen LogP contribution in [0.15, 0.2) is 58.8 Å². The Morgan fingerprint density at radius 1 is 0.909 bits per heavy atom. The second-order valence-corrected chi connectivity index (χ2v) is 6.41. The van der Waals surface area contributed by atoms with Crippen molar-refractivity contribution < 1.29 is 47.3 Å². The van der Waals surface area contributed by atoms with Gasteiger partial charge in [0, 0.05) is 45.9 Å². The fraction of sp³-hybridized carbons (Fsp3) is 0. The van der Waals surface area contributed by atoms with Crippen molar-refractivity contribution in [2.45, 2.75) is 10.1 Å². The number of hydrogen-bond donors (Lipinski definition) is 2. The van der Waals surface area contributed by atoms with Gasteiger partial charge in [-0.15, -0.1) is 0 Å². The Labute approximate surface area is 148 Å². The van der Waals surface area contributed by atoms with Crippen LogP contribution in [0.2, 0.25) is 0 Å². The van der Waals surface area contributed by atoms with Crippen molar-refractivity contribution in [1.82, 2.24) is 0 Å². The maximum Gasteiger partial charge on any atom is 1.00 e. The minimum absolute atomic E-state index is 0. The van der Waals surface area contributed by atoms with Crippen LogP contribution in [0.3, 0.4) is 0 Å². The third-order valence-electron chi connectivity index (χ3n) is 1.79. The molecule has 0 spiro atoms. The van der Waals surface area contributed by atoms with Crippen LogP contribution >= 0.6 is 21.6 Å². The molecule has 0 aliphatic carbocycles. The monoisotopic (exact) mass is 358 g/mol. The van der Waals surface area contributed by atoms with Gasteiger partial charge in [0.25, 0.3) is 10.1 Å². The van der Waals surface area contributed by atoms with Crippen molar-refractivity contribution in [2.75, 3.05) is 0 Å². The van der Waals surface area contributed by atoms with Crippen molar-refractivity contribution in [3.05, 3.63) is 59.2 Å². The quantitative estimate of drug-likeness (QED) is 0.217. The molecule has 0 bridgehead atoms. The largest absolute Gasteiger partial charge is 1.00 e. The smallest absolute Gasteiger partial charge is 1.00 e. The summed E-state index contributed by atoms with van der Waals surface area (Å²) in [5.74, 6) is 0. The summed E-state index contributed by atoms with van der Waals surface area (Å²) >= 11 is 0. The van der Waals surface area contributed by atoms with Crippen molar-refractivity contribution in [3.8, 4) is 0 Å². The molecule has 0 saturated heterocycles. The Morgan fingerprint density at radius 2 is 1.23 bits per heavy atom. The van der Waals surface area contributed by atoms with Gasteiger partial charge in [0.2, 0.25) is 0 Å². The minimum Gasteiger partial charge on any atom is -1.00 e. The second kappa shape index (κ2) is 9.96. The Bertz CT molecular complexity index is 653. The molecule has 8 nitrogen and oxygen atoms in total. The molecule has 0 aliphatic heterocycles. The summed E-state index contributed by atoms with van der Waals surface area (Å²) in [5, 5.41) is 23.8. The van der Waals surface area contributed by atoms with E-state index < -0.39 is 10.4 Å². The molecule has 0 aliphatic rings. The van der Waals surface area contributed by atoms with Crippen LogP contribution < -0.4 is 28.3 Å². The van der Waals surface area contributed by atoms with Gasteiger partial charge in [-0.1, -0.05) is 0 Å². The Kier molecular flexibility index (Phi) is 9.54. The molecule has 2 aromatic heterocycles. The fourth-order valence-electron chi connectivity index (χ4n) is 1.04. The molecule has 0 radical (unpaired) electrons. The zero-order chi connectivity index (χ0) is 15.9. The van der Waals surface area contributed by atoms with Crippen LogP contribution in [0.5, 0.6) is 0 Å². The first kappa shape index (κ1) is 21.1. The van der Waals surface area contributed by atoms with E-state index in [1.54, 1.807) is 36.4 Å². The molecule has 2 aromatic rings. The second-order valence-electron chi connectivity index (χ2n) is 3.34. The summed E-state index contributed by atoms with van der Waals surface area (Å²) in [5.41, 5.74) is 0. The van der Waals surface area contributed by atoms with Crippen LogP contribution in [0, 0.1) is 10.4 Å². The van der Waals surface area contributed by atoms with Crippen LogP contribution in [-0.4, -0.2) is 17.5 Å². The zero-order valence-electron chi connectivity index (χ0n) is 12.3. The summed E-state index contributed by atoms with van der Waals surface area (Å²) in [6.45, 7) is 0. The molecular formula is C10H11LiN2O6S3. The third-order valence-corrected chi connectivity index (χ3v) is 4.12. The van der Waals surface area contributed by atoms with E-state index in [-0.39, 0.29) is 20.3 Å². The van der Waals surface area contributed by atoms with E-state index in [0.717, 1.165) is 9.46 Å². The van der Waals surface area contributed by atoms with Crippen molar-refractivity contribution in [1.29, 1.82) is 0 Å². The zero-order valence-corrected chi connectivity index (χ0v) is 13.7. The molecule has 2 N–H and O–H groups in total. The van der Waals surface area contributed by atoms with Crippen molar-refractivity contribution in [2.24, 2.45) is 0 Å². The first-order valence-corrected chi connectivity index (χ1v) is 8.73. The first-order valence-electron chi connectivity index (χ1n) is 5.18. The van der Waals surface area contributed by atoms with E-state index in [1.165, 1.54) is 34.0 Å². The molecule has 0 unspecified atom stereocenters. The van der Waals surface area contributed by atoms with Gasteiger partial charge in [0.1, 0.15) is 0 Å². The van der Waals surface area contributed by atoms with E-state index >= 15 is 0 Å². The molecule has 0 atom stereocenters. The molecule has 0 amide bonds. The number of nitrogens with zero attached hydrogens (tertiary/aromatic N) is 2. The SMILES string of the molecule is O=S(=O)(O)O.[H-].[Li+].[O-][n+]1ccccc1SSc1cccc[n+]1[O-]. The topological polar surface area (TPSA) is 128 Å².